The molecule has 0 amide bonds. The van der Waals surface area contributed by atoms with Crippen molar-refractivity contribution in [1.82, 2.24) is 4.57 Å². The molecule has 0 atom stereocenters. The fourth-order valence-electron chi connectivity index (χ4n) is 2.83. The highest BCUT2D eigenvalue weighted by atomic mass is 16.4. The first-order valence-electron chi connectivity index (χ1n) is 6.67. The van der Waals surface area contributed by atoms with Gasteiger partial charge in [0.15, 0.2) is 0 Å². The zero-order valence-electron chi connectivity index (χ0n) is 11.8. The maximum absolute atomic E-state index is 11.5. The van der Waals surface area contributed by atoms with Crippen LogP contribution in [0.15, 0.2) is 12.1 Å². The summed E-state index contributed by atoms with van der Waals surface area (Å²) in [4.78, 5) is 11.5. The van der Waals surface area contributed by atoms with Crippen LogP contribution >= 0.6 is 0 Å². The molecular formula is C15H20N2O3. The summed E-state index contributed by atoms with van der Waals surface area (Å²) in [5, 5.41) is 19.6. The Kier molecular flexibility index (Phi) is 4.11. The summed E-state index contributed by atoms with van der Waals surface area (Å²) in [6, 6.07) is 3.66. The second kappa shape index (κ2) is 5.64. The van der Waals surface area contributed by atoms with E-state index in [0.29, 0.717) is 25.0 Å². The first-order chi connectivity index (χ1) is 9.51. The number of hydrogen-bond donors (Lipinski definition) is 3. The number of nitrogens with two attached hydrogens (primary N) is 1. The highest BCUT2D eigenvalue weighted by molar-refractivity contribution is 6.04. The molecule has 0 bridgehead atoms. The lowest BCUT2D eigenvalue weighted by molar-refractivity contribution is 0.0698. The fourth-order valence-corrected chi connectivity index (χ4v) is 2.83. The van der Waals surface area contributed by atoms with Gasteiger partial charge in [-0.15, -0.1) is 0 Å². The van der Waals surface area contributed by atoms with Gasteiger partial charge in [0, 0.05) is 17.6 Å². The van der Waals surface area contributed by atoms with Gasteiger partial charge in [0.05, 0.1) is 17.7 Å². The van der Waals surface area contributed by atoms with Crippen LogP contribution in [0, 0.1) is 13.8 Å². The number of aromatic nitrogens is 1. The SMILES string of the molecule is Cc1cc(C(=O)O)c2c(c1)c(CCN)c(C)n2CCO. The zero-order valence-corrected chi connectivity index (χ0v) is 11.8. The summed E-state index contributed by atoms with van der Waals surface area (Å²) >= 11 is 0. The lowest BCUT2D eigenvalue weighted by Gasteiger charge is -2.08. The van der Waals surface area contributed by atoms with Crippen molar-refractivity contribution in [2.75, 3.05) is 13.2 Å². The first-order valence-corrected chi connectivity index (χ1v) is 6.67. The van der Waals surface area contributed by atoms with E-state index in [1.54, 1.807) is 6.07 Å². The number of aliphatic hydroxyl groups excluding tert-OH is 1. The lowest BCUT2D eigenvalue weighted by Crippen LogP contribution is -2.08. The summed E-state index contributed by atoms with van der Waals surface area (Å²) < 4.78 is 1.88. The van der Waals surface area contributed by atoms with E-state index in [2.05, 4.69) is 0 Å². The van der Waals surface area contributed by atoms with Crippen molar-refractivity contribution < 1.29 is 15.0 Å². The third kappa shape index (κ3) is 2.30. The van der Waals surface area contributed by atoms with Gasteiger partial charge >= 0.3 is 5.97 Å². The summed E-state index contributed by atoms with van der Waals surface area (Å²) in [6.07, 6.45) is 0.698. The molecule has 1 heterocycles. The van der Waals surface area contributed by atoms with Gasteiger partial charge in [0.2, 0.25) is 0 Å². The maximum atomic E-state index is 11.5. The normalized spacial score (nSPS) is 11.2. The molecule has 0 fully saturated rings. The highest BCUT2D eigenvalue weighted by Gasteiger charge is 2.19. The number of fused-ring (bicyclic) bond motifs is 1. The van der Waals surface area contributed by atoms with Crippen molar-refractivity contribution in [3.63, 3.8) is 0 Å². The lowest BCUT2D eigenvalue weighted by atomic mass is 10.0. The van der Waals surface area contributed by atoms with Gasteiger partial charge < -0.3 is 20.5 Å². The Morgan fingerprint density at radius 2 is 2.05 bits per heavy atom. The van der Waals surface area contributed by atoms with Gasteiger partial charge in [0.1, 0.15) is 0 Å². The van der Waals surface area contributed by atoms with Crippen LogP contribution in [0.1, 0.15) is 27.2 Å². The molecule has 1 aromatic carbocycles. The van der Waals surface area contributed by atoms with Crippen LogP contribution in [0.5, 0.6) is 0 Å². The van der Waals surface area contributed by atoms with Crippen LogP contribution in [0.25, 0.3) is 10.9 Å². The predicted octanol–water partition coefficient (Wildman–Crippen LogP) is 1.45. The van der Waals surface area contributed by atoms with E-state index < -0.39 is 5.97 Å². The molecule has 2 rings (SSSR count). The molecule has 0 aliphatic rings. The molecule has 0 radical (unpaired) electrons. The molecule has 5 heteroatoms. The second-order valence-electron chi connectivity index (χ2n) is 4.99. The van der Waals surface area contributed by atoms with Crippen molar-refractivity contribution in [3.8, 4) is 0 Å². The largest absolute Gasteiger partial charge is 0.478 e. The molecule has 0 unspecified atom stereocenters. The second-order valence-corrected chi connectivity index (χ2v) is 4.99. The average Bonchev–Trinajstić information content (AvgIpc) is 2.64. The molecule has 0 spiro atoms. The monoisotopic (exact) mass is 276 g/mol. The number of aromatic carboxylic acids is 1. The number of carbonyl (C=O) groups is 1. The van der Waals surface area contributed by atoms with E-state index >= 15 is 0 Å². The van der Waals surface area contributed by atoms with Gasteiger partial charge in [0.25, 0.3) is 0 Å². The molecule has 0 saturated heterocycles. The smallest absolute Gasteiger partial charge is 0.337 e. The summed E-state index contributed by atoms with van der Waals surface area (Å²) in [7, 11) is 0. The van der Waals surface area contributed by atoms with Crippen molar-refractivity contribution in [2.24, 2.45) is 5.73 Å². The Bertz CT molecular complexity index is 659. The number of rotatable bonds is 5. The highest BCUT2D eigenvalue weighted by Crippen LogP contribution is 2.30. The number of carboxylic acids is 1. The molecule has 5 nitrogen and oxygen atoms in total. The van der Waals surface area contributed by atoms with E-state index in [-0.39, 0.29) is 12.2 Å². The summed E-state index contributed by atoms with van der Waals surface area (Å²) in [5.41, 5.74) is 9.58. The van der Waals surface area contributed by atoms with Gasteiger partial charge in [-0.05, 0) is 50.1 Å². The minimum absolute atomic E-state index is 0.0282. The number of aliphatic hydroxyl groups is 1. The van der Waals surface area contributed by atoms with Gasteiger partial charge in [-0.2, -0.15) is 0 Å². The van der Waals surface area contributed by atoms with Gasteiger partial charge in [-0.1, -0.05) is 0 Å². The van der Waals surface area contributed by atoms with Crippen LogP contribution in [0.3, 0.4) is 0 Å². The van der Waals surface area contributed by atoms with E-state index in [1.807, 2.05) is 24.5 Å². The minimum atomic E-state index is -0.949. The van der Waals surface area contributed by atoms with E-state index in [4.69, 9.17) is 5.73 Å². The van der Waals surface area contributed by atoms with Crippen molar-refractivity contribution >= 4 is 16.9 Å². The van der Waals surface area contributed by atoms with Crippen LogP contribution in [-0.4, -0.2) is 33.9 Å². The molecular weight excluding hydrogens is 256 g/mol. The Balaban J connectivity index is 2.88. The zero-order chi connectivity index (χ0) is 14.9. The van der Waals surface area contributed by atoms with Crippen LogP contribution in [-0.2, 0) is 13.0 Å². The summed E-state index contributed by atoms with van der Waals surface area (Å²) in [6.45, 7) is 4.70. The molecule has 4 N–H and O–H groups in total. The van der Waals surface area contributed by atoms with Gasteiger partial charge in [-0.25, -0.2) is 4.79 Å². The van der Waals surface area contributed by atoms with Gasteiger partial charge in [-0.3, -0.25) is 0 Å². The molecule has 0 aliphatic carbocycles. The standard InChI is InChI=1S/C15H20N2O3/c1-9-7-12-11(3-4-16)10(2)17(5-6-18)14(12)13(8-9)15(19)20/h7-8,18H,3-6,16H2,1-2H3,(H,19,20). The number of benzene rings is 1. The third-order valence-corrected chi connectivity index (χ3v) is 3.64. The summed E-state index contributed by atoms with van der Waals surface area (Å²) in [5.74, 6) is -0.949. The molecule has 108 valence electrons. The number of hydrogen-bond acceptors (Lipinski definition) is 3. The van der Waals surface area contributed by atoms with Crippen molar-refractivity contribution in [2.45, 2.75) is 26.8 Å². The van der Waals surface area contributed by atoms with E-state index in [0.717, 1.165) is 22.2 Å². The Morgan fingerprint density at radius 3 is 2.60 bits per heavy atom. The minimum Gasteiger partial charge on any atom is -0.478 e. The molecule has 0 saturated carbocycles. The number of carboxylic acid groups (broad SMARTS) is 1. The maximum Gasteiger partial charge on any atom is 0.337 e. The molecule has 1 aromatic heterocycles. The molecule has 0 aliphatic heterocycles. The molecule has 20 heavy (non-hydrogen) atoms. The number of aryl methyl sites for hydroxylation is 1. The topological polar surface area (TPSA) is 88.5 Å². The average molecular weight is 276 g/mol. The van der Waals surface area contributed by atoms with Crippen molar-refractivity contribution in [3.05, 3.63) is 34.5 Å². The third-order valence-electron chi connectivity index (χ3n) is 3.64. The van der Waals surface area contributed by atoms with Crippen LogP contribution in [0.2, 0.25) is 0 Å². The number of nitrogens with zero attached hydrogens (tertiary/aromatic N) is 1. The van der Waals surface area contributed by atoms with Crippen molar-refractivity contribution in [1.29, 1.82) is 0 Å². The first kappa shape index (κ1) is 14.6. The van der Waals surface area contributed by atoms with E-state index in [1.165, 1.54) is 0 Å². The Morgan fingerprint density at radius 1 is 1.35 bits per heavy atom. The van der Waals surface area contributed by atoms with E-state index in [9.17, 15) is 15.0 Å². The Hall–Kier alpha value is -1.85. The predicted molar refractivity (Wildman–Crippen MR) is 78.2 cm³/mol. The Labute approximate surface area is 117 Å². The van der Waals surface area contributed by atoms with Crippen LogP contribution < -0.4 is 5.73 Å². The molecule has 2 aromatic rings. The fraction of sp³-hybridized carbons (Fsp3) is 0.400. The van der Waals surface area contributed by atoms with Crippen LogP contribution in [0.4, 0.5) is 0 Å². The quantitative estimate of drug-likeness (QED) is 0.771.